The van der Waals surface area contributed by atoms with E-state index in [1.165, 1.54) is 0 Å². The second-order valence-electron chi connectivity index (χ2n) is 10.2. The van der Waals surface area contributed by atoms with E-state index in [1.807, 2.05) is 0 Å². The molecule has 12 heteroatoms. The maximum atomic E-state index is 12.4. The van der Waals surface area contributed by atoms with E-state index < -0.39 is 35.2 Å². The fraction of sp³-hybridized carbons (Fsp3) is 0.864. The average Bonchev–Trinajstić information content (AvgIpc) is 3.16. The van der Waals surface area contributed by atoms with Crippen molar-refractivity contribution in [2.24, 2.45) is 11.8 Å². The van der Waals surface area contributed by atoms with Crippen molar-refractivity contribution in [1.82, 2.24) is 9.80 Å². The Bertz CT molecular complexity index is 721. The van der Waals surface area contributed by atoms with E-state index in [4.69, 9.17) is 5.11 Å². The summed E-state index contributed by atoms with van der Waals surface area (Å²) in [7, 11) is 0. The first kappa shape index (κ1) is 30.2. The monoisotopic (exact) mass is 504 g/mol. The van der Waals surface area contributed by atoms with Crippen LogP contribution in [0.15, 0.2) is 0 Å². The number of aliphatic hydroxyl groups is 1. The van der Waals surface area contributed by atoms with Gasteiger partial charge in [-0.25, -0.2) is 0 Å². The number of carbonyl (C=O) groups is 3. The van der Waals surface area contributed by atoms with E-state index >= 15 is 0 Å². The molecule has 0 saturated carbocycles. The standard InChI is InChI=1S/C11H18F3NO2.C11H16F3NO2/c2*1-10(2)6-8(4-3-5-16)7-15(10)9(17)11(12,13)14/h8,16H,3-7H2,1-2H3;5,8H,3-4,6-7H2,1-2H3/t2*8-/m00/s1. The van der Waals surface area contributed by atoms with Crippen LogP contribution in [-0.4, -0.2) is 76.1 Å². The number of amides is 2. The summed E-state index contributed by atoms with van der Waals surface area (Å²) >= 11 is 0. The Morgan fingerprint density at radius 3 is 1.56 bits per heavy atom. The number of nitrogens with zero attached hydrogens (tertiary/aromatic N) is 2. The van der Waals surface area contributed by atoms with Crippen LogP contribution in [0.4, 0.5) is 26.3 Å². The molecular formula is C22H34F6N2O4. The number of halogens is 6. The highest BCUT2D eigenvalue weighted by Gasteiger charge is 2.51. The molecule has 0 radical (unpaired) electrons. The van der Waals surface area contributed by atoms with Gasteiger partial charge < -0.3 is 19.7 Å². The number of carbonyl (C=O) groups excluding carboxylic acids is 3. The average molecular weight is 505 g/mol. The van der Waals surface area contributed by atoms with Gasteiger partial charge in [-0.05, 0) is 71.6 Å². The highest BCUT2D eigenvalue weighted by atomic mass is 19.4. The van der Waals surface area contributed by atoms with Gasteiger partial charge in [-0.3, -0.25) is 9.59 Å². The van der Waals surface area contributed by atoms with E-state index in [1.54, 1.807) is 27.7 Å². The largest absolute Gasteiger partial charge is 0.471 e. The van der Waals surface area contributed by atoms with E-state index in [-0.39, 0.29) is 31.5 Å². The van der Waals surface area contributed by atoms with Crippen LogP contribution < -0.4 is 0 Å². The Labute approximate surface area is 195 Å². The van der Waals surface area contributed by atoms with Gasteiger partial charge in [0.2, 0.25) is 0 Å². The number of aldehydes is 1. The molecule has 0 spiro atoms. The van der Waals surface area contributed by atoms with Gasteiger partial charge in [0.15, 0.2) is 0 Å². The molecule has 2 aliphatic rings. The molecule has 2 fully saturated rings. The number of hydrogen-bond acceptors (Lipinski definition) is 4. The molecule has 0 unspecified atom stereocenters. The van der Waals surface area contributed by atoms with Crippen LogP contribution in [0, 0.1) is 11.8 Å². The molecule has 2 saturated heterocycles. The maximum Gasteiger partial charge on any atom is 0.471 e. The van der Waals surface area contributed by atoms with Crippen molar-refractivity contribution < 1.29 is 45.8 Å². The Hall–Kier alpha value is -1.85. The normalized spacial score (nSPS) is 24.0. The zero-order valence-corrected chi connectivity index (χ0v) is 19.9. The van der Waals surface area contributed by atoms with Crippen molar-refractivity contribution in [3.63, 3.8) is 0 Å². The van der Waals surface area contributed by atoms with Crippen LogP contribution in [0.5, 0.6) is 0 Å². The van der Waals surface area contributed by atoms with Crippen LogP contribution >= 0.6 is 0 Å². The number of hydrogen-bond donors (Lipinski definition) is 1. The van der Waals surface area contributed by atoms with E-state index in [9.17, 15) is 40.7 Å². The molecule has 2 atom stereocenters. The smallest absolute Gasteiger partial charge is 0.396 e. The fourth-order valence-corrected chi connectivity index (χ4v) is 4.87. The molecule has 0 aromatic rings. The summed E-state index contributed by atoms with van der Waals surface area (Å²) in [5.41, 5.74) is -1.55. The van der Waals surface area contributed by atoms with Crippen LogP contribution in [0.25, 0.3) is 0 Å². The second-order valence-corrected chi connectivity index (χ2v) is 10.2. The molecule has 34 heavy (non-hydrogen) atoms. The number of rotatable bonds is 6. The molecule has 0 aromatic carbocycles. The summed E-state index contributed by atoms with van der Waals surface area (Å²) in [5, 5.41) is 8.70. The first-order chi connectivity index (χ1) is 15.4. The molecule has 198 valence electrons. The molecule has 2 aliphatic heterocycles. The minimum atomic E-state index is -4.82. The summed E-state index contributed by atoms with van der Waals surface area (Å²) in [4.78, 5) is 34.5. The molecule has 2 heterocycles. The summed E-state index contributed by atoms with van der Waals surface area (Å²) in [6, 6.07) is 0. The Morgan fingerprint density at radius 2 is 1.24 bits per heavy atom. The van der Waals surface area contributed by atoms with Crippen LogP contribution in [0.1, 0.15) is 66.2 Å². The molecule has 0 aromatic heterocycles. The summed E-state index contributed by atoms with van der Waals surface area (Å²) in [5.74, 6) is -3.52. The number of likely N-dealkylation sites (tertiary alicyclic amines) is 2. The lowest BCUT2D eigenvalue weighted by atomic mass is 9.93. The third kappa shape index (κ3) is 8.13. The number of aliphatic hydroxyl groups excluding tert-OH is 1. The van der Waals surface area contributed by atoms with Gasteiger partial charge in [0.25, 0.3) is 0 Å². The van der Waals surface area contributed by atoms with Gasteiger partial charge in [0.05, 0.1) is 0 Å². The van der Waals surface area contributed by atoms with E-state index in [0.717, 1.165) is 16.1 Å². The van der Waals surface area contributed by atoms with Gasteiger partial charge in [0.1, 0.15) is 6.29 Å². The Kier molecular flexibility index (Phi) is 9.99. The van der Waals surface area contributed by atoms with Crippen molar-refractivity contribution in [2.45, 2.75) is 89.7 Å². The first-order valence-corrected chi connectivity index (χ1v) is 11.2. The quantitative estimate of drug-likeness (QED) is 0.437. The lowest BCUT2D eigenvalue weighted by Crippen LogP contribution is -2.48. The first-order valence-electron chi connectivity index (χ1n) is 11.2. The third-order valence-corrected chi connectivity index (χ3v) is 6.36. The van der Waals surface area contributed by atoms with Gasteiger partial charge >= 0.3 is 24.2 Å². The van der Waals surface area contributed by atoms with Crippen molar-refractivity contribution in [3.05, 3.63) is 0 Å². The molecule has 2 amide bonds. The van der Waals surface area contributed by atoms with Crippen molar-refractivity contribution in [1.29, 1.82) is 0 Å². The number of alkyl halides is 6. The van der Waals surface area contributed by atoms with E-state index in [0.29, 0.717) is 38.5 Å². The third-order valence-electron chi connectivity index (χ3n) is 6.36. The molecule has 1 N–H and O–H groups in total. The highest BCUT2D eigenvalue weighted by molar-refractivity contribution is 5.83. The Morgan fingerprint density at radius 1 is 0.853 bits per heavy atom. The van der Waals surface area contributed by atoms with Gasteiger partial charge in [-0.2, -0.15) is 26.3 Å². The maximum absolute atomic E-state index is 12.4. The molecular weight excluding hydrogens is 470 g/mol. The summed E-state index contributed by atoms with van der Waals surface area (Å²) in [6.45, 7) is 6.79. The van der Waals surface area contributed by atoms with Crippen LogP contribution in [-0.2, 0) is 14.4 Å². The van der Waals surface area contributed by atoms with Gasteiger partial charge in [0, 0.05) is 37.2 Å². The zero-order valence-electron chi connectivity index (χ0n) is 19.9. The predicted molar refractivity (Wildman–Crippen MR) is 112 cm³/mol. The second kappa shape index (κ2) is 11.3. The lowest BCUT2D eigenvalue weighted by molar-refractivity contribution is -0.188. The molecule has 6 nitrogen and oxygen atoms in total. The van der Waals surface area contributed by atoms with Crippen LogP contribution in [0.3, 0.4) is 0 Å². The zero-order chi connectivity index (χ0) is 26.5. The van der Waals surface area contributed by atoms with Crippen molar-refractivity contribution in [2.75, 3.05) is 19.7 Å². The van der Waals surface area contributed by atoms with E-state index in [2.05, 4.69) is 0 Å². The van der Waals surface area contributed by atoms with Crippen molar-refractivity contribution >= 4 is 18.1 Å². The summed E-state index contributed by atoms with van der Waals surface area (Å²) in [6.07, 6.45) is -5.74. The minimum Gasteiger partial charge on any atom is -0.396 e. The lowest BCUT2D eigenvalue weighted by Gasteiger charge is -2.31. The SMILES string of the molecule is CC1(C)C[C@H](CCC=O)CN1C(=O)C(F)(F)F.CC1(C)C[C@H](CCCO)CN1C(=O)C(F)(F)F. The fourth-order valence-electron chi connectivity index (χ4n) is 4.87. The minimum absolute atomic E-state index is 0.0264. The molecule has 0 bridgehead atoms. The highest BCUT2D eigenvalue weighted by Crippen LogP contribution is 2.38. The van der Waals surface area contributed by atoms with Crippen molar-refractivity contribution in [3.8, 4) is 0 Å². The predicted octanol–water partition coefficient (Wildman–Crippen LogP) is 4.10. The molecule has 0 aliphatic carbocycles. The summed E-state index contributed by atoms with van der Waals surface area (Å²) < 4.78 is 74.3. The topological polar surface area (TPSA) is 77.9 Å². The van der Waals surface area contributed by atoms with Gasteiger partial charge in [-0.15, -0.1) is 0 Å². The molecule has 2 rings (SSSR count). The van der Waals surface area contributed by atoms with Gasteiger partial charge in [-0.1, -0.05) is 0 Å². The Balaban J connectivity index is 0.000000340. The van der Waals surface area contributed by atoms with Crippen LogP contribution in [0.2, 0.25) is 0 Å².